The number of carbonyl (C=O) groups is 1. The van der Waals surface area contributed by atoms with Crippen molar-refractivity contribution >= 4 is 17.7 Å². The highest BCUT2D eigenvalue weighted by molar-refractivity contribution is 8.00. The fraction of sp³-hybridized carbons (Fsp3) is 0.125. The molecule has 11 heavy (non-hydrogen) atoms. The quantitative estimate of drug-likeness (QED) is 0.555. The fourth-order valence-electron chi connectivity index (χ4n) is 0.662. The molecular formula is C8H8O2S. The van der Waals surface area contributed by atoms with Crippen LogP contribution in [0.3, 0.4) is 0 Å². The van der Waals surface area contributed by atoms with Crippen LogP contribution in [0.25, 0.3) is 0 Å². The number of thioether (sulfide) groups is 1. The Labute approximate surface area is 69.2 Å². The van der Waals surface area contributed by atoms with Gasteiger partial charge in [0.15, 0.2) is 0 Å². The number of carboxylic acid groups (broad SMARTS) is 1. The number of hydrogen-bond donors (Lipinski definition) is 1. The Hall–Kier alpha value is -0.960. The van der Waals surface area contributed by atoms with Gasteiger partial charge in [-0.1, -0.05) is 18.2 Å². The summed E-state index contributed by atoms with van der Waals surface area (Å²) in [6.45, 7) is 0. The molecule has 0 aliphatic heterocycles. The zero-order chi connectivity index (χ0) is 8.10. The van der Waals surface area contributed by atoms with Crippen molar-refractivity contribution in [1.29, 1.82) is 0 Å². The molecule has 0 heterocycles. The lowest BCUT2D eigenvalue weighted by Crippen LogP contribution is -1.96. The highest BCUT2D eigenvalue weighted by atomic mass is 32.2. The van der Waals surface area contributed by atoms with Crippen LogP contribution in [0.5, 0.6) is 0 Å². The number of rotatable bonds is 3. The van der Waals surface area contributed by atoms with Gasteiger partial charge in [0.25, 0.3) is 0 Å². The zero-order valence-corrected chi connectivity index (χ0v) is 6.67. The Kier molecular flexibility index (Phi) is 2.98. The maximum Gasteiger partial charge on any atom is 0.313 e. The molecule has 58 valence electrons. The van der Waals surface area contributed by atoms with E-state index in [-0.39, 0.29) is 5.75 Å². The zero-order valence-electron chi connectivity index (χ0n) is 5.86. The minimum Gasteiger partial charge on any atom is -0.481 e. The first-order valence-electron chi connectivity index (χ1n) is 3.18. The van der Waals surface area contributed by atoms with E-state index >= 15 is 0 Å². The first-order chi connectivity index (χ1) is 5.29. The van der Waals surface area contributed by atoms with E-state index in [0.717, 1.165) is 4.90 Å². The third-order valence-corrected chi connectivity index (χ3v) is 2.10. The lowest BCUT2D eigenvalue weighted by Gasteiger charge is -1.95. The summed E-state index contributed by atoms with van der Waals surface area (Å²) >= 11 is 1.33. The van der Waals surface area contributed by atoms with Gasteiger partial charge in [-0.2, -0.15) is 0 Å². The second-order valence-corrected chi connectivity index (χ2v) is 3.04. The van der Waals surface area contributed by atoms with Crippen LogP contribution >= 0.6 is 11.8 Å². The van der Waals surface area contributed by atoms with Gasteiger partial charge in [-0.05, 0) is 12.1 Å². The van der Waals surface area contributed by atoms with Crippen molar-refractivity contribution < 1.29 is 9.90 Å². The van der Waals surface area contributed by atoms with E-state index in [1.807, 2.05) is 30.3 Å². The van der Waals surface area contributed by atoms with Crippen LogP contribution in [-0.2, 0) is 4.79 Å². The normalized spacial score (nSPS) is 9.45. The van der Waals surface area contributed by atoms with Crippen molar-refractivity contribution in [2.45, 2.75) is 4.90 Å². The third kappa shape index (κ3) is 3.09. The van der Waals surface area contributed by atoms with Crippen LogP contribution in [0.15, 0.2) is 35.2 Å². The number of hydrogen-bond acceptors (Lipinski definition) is 2. The topological polar surface area (TPSA) is 37.3 Å². The summed E-state index contributed by atoms with van der Waals surface area (Å²) in [4.78, 5) is 11.1. The van der Waals surface area contributed by atoms with Gasteiger partial charge < -0.3 is 5.11 Å². The van der Waals surface area contributed by atoms with Crippen LogP contribution < -0.4 is 0 Å². The van der Waals surface area contributed by atoms with Gasteiger partial charge in [0.2, 0.25) is 0 Å². The molecule has 0 unspecified atom stereocenters. The molecule has 0 bridgehead atoms. The third-order valence-electron chi connectivity index (χ3n) is 1.11. The largest absolute Gasteiger partial charge is 0.481 e. The molecule has 0 aliphatic rings. The Morgan fingerprint density at radius 2 is 2.00 bits per heavy atom. The van der Waals surface area contributed by atoms with Crippen molar-refractivity contribution in [1.82, 2.24) is 0 Å². The molecule has 0 spiro atoms. The molecular weight excluding hydrogens is 162 g/mol. The first-order valence-corrected chi connectivity index (χ1v) is 4.17. The molecule has 1 aromatic carbocycles. The summed E-state index contributed by atoms with van der Waals surface area (Å²) < 4.78 is 0. The van der Waals surface area contributed by atoms with Crippen LogP contribution in [0.4, 0.5) is 0 Å². The van der Waals surface area contributed by atoms with E-state index in [9.17, 15) is 4.79 Å². The molecule has 0 saturated carbocycles. The molecule has 0 aromatic heterocycles. The van der Waals surface area contributed by atoms with Gasteiger partial charge in [-0.3, -0.25) is 4.79 Å². The van der Waals surface area contributed by atoms with Gasteiger partial charge in [-0.25, -0.2) is 0 Å². The van der Waals surface area contributed by atoms with E-state index in [4.69, 9.17) is 5.11 Å². The minimum absolute atomic E-state index is 0.129. The average molecular weight is 170 g/mol. The number of aliphatic carboxylic acids is 1. The summed E-state index contributed by atoms with van der Waals surface area (Å²) in [6, 6.07) is 9.49. The SMILES string of the molecule is O=[13C](O)[13CH2]Sc1ccccc1. The van der Waals surface area contributed by atoms with Crippen LogP contribution in [-0.4, -0.2) is 16.8 Å². The van der Waals surface area contributed by atoms with Gasteiger partial charge >= 0.3 is 5.97 Å². The van der Waals surface area contributed by atoms with E-state index in [1.54, 1.807) is 0 Å². The Morgan fingerprint density at radius 3 is 2.55 bits per heavy atom. The summed E-state index contributed by atoms with van der Waals surface area (Å²) in [5.41, 5.74) is 0. The van der Waals surface area contributed by atoms with E-state index < -0.39 is 5.97 Å². The highest BCUT2D eigenvalue weighted by Crippen LogP contribution is 2.15. The lowest BCUT2D eigenvalue weighted by molar-refractivity contribution is -0.133. The highest BCUT2D eigenvalue weighted by Gasteiger charge is 1.97. The van der Waals surface area contributed by atoms with Gasteiger partial charge in [0, 0.05) is 4.90 Å². The maximum atomic E-state index is 10.2. The van der Waals surface area contributed by atoms with Crippen molar-refractivity contribution in [2.75, 3.05) is 5.75 Å². The van der Waals surface area contributed by atoms with Crippen LogP contribution in [0.1, 0.15) is 0 Å². The predicted octanol–water partition coefficient (Wildman–Crippen LogP) is 1.86. The van der Waals surface area contributed by atoms with E-state index in [1.165, 1.54) is 11.8 Å². The standard InChI is InChI=1S/C8H8O2S/c9-8(10)6-11-7-4-2-1-3-5-7/h1-5H,6H2,(H,9,10)/i6+1,8+1. The number of benzene rings is 1. The van der Waals surface area contributed by atoms with Crippen molar-refractivity contribution in [2.24, 2.45) is 0 Å². The molecule has 0 saturated heterocycles. The molecule has 0 atom stereocenters. The van der Waals surface area contributed by atoms with E-state index in [0.29, 0.717) is 0 Å². The Morgan fingerprint density at radius 1 is 1.36 bits per heavy atom. The second kappa shape index (κ2) is 4.03. The van der Waals surface area contributed by atoms with Crippen molar-refractivity contribution in [3.05, 3.63) is 30.3 Å². The first kappa shape index (κ1) is 8.14. The summed E-state index contributed by atoms with van der Waals surface area (Å²) in [5.74, 6) is -0.650. The van der Waals surface area contributed by atoms with Crippen LogP contribution in [0, 0.1) is 0 Å². The Bertz CT molecular complexity index is 233. The number of carboxylic acids is 1. The van der Waals surface area contributed by atoms with Crippen molar-refractivity contribution in [3.63, 3.8) is 0 Å². The average Bonchev–Trinajstić information content (AvgIpc) is 2.03. The second-order valence-electron chi connectivity index (χ2n) is 2.00. The monoisotopic (exact) mass is 170 g/mol. The van der Waals surface area contributed by atoms with Gasteiger partial charge in [0.05, 0.1) is 5.75 Å². The summed E-state index contributed by atoms with van der Waals surface area (Å²) in [6.07, 6.45) is 0. The lowest BCUT2D eigenvalue weighted by atomic mass is 10.4. The molecule has 0 radical (unpaired) electrons. The van der Waals surface area contributed by atoms with Gasteiger partial charge in [-0.15, -0.1) is 11.8 Å². The summed E-state index contributed by atoms with van der Waals surface area (Å²) in [7, 11) is 0. The fourth-order valence-corrected chi connectivity index (χ4v) is 1.30. The Balaban J connectivity index is 2.45. The predicted molar refractivity (Wildman–Crippen MR) is 44.8 cm³/mol. The molecule has 2 nitrogen and oxygen atoms in total. The molecule has 3 heteroatoms. The molecule has 1 N–H and O–H groups in total. The molecule has 0 amide bonds. The molecule has 0 aliphatic carbocycles. The van der Waals surface area contributed by atoms with Crippen molar-refractivity contribution in [3.8, 4) is 0 Å². The molecule has 0 fully saturated rings. The van der Waals surface area contributed by atoms with Crippen LogP contribution in [0.2, 0.25) is 0 Å². The van der Waals surface area contributed by atoms with Gasteiger partial charge in [0.1, 0.15) is 0 Å². The summed E-state index contributed by atoms with van der Waals surface area (Å²) in [5, 5.41) is 8.35. The minimum atomic E-state index is -0.779. The molecule has 1 rings (SSSR count). The molecule has 1 aromatic rings. The maximum absolute atomic E-state index is 10.2. The van der Waals surface area contributed by atoms with E-state index in [2.05, 4.69) is 0 Å². The smallest absolute Gasteiger partial charge is 0.313 e.